The number of nitrogens with zero attached hydrogens (tertiary/aromatic N) is 4. The summed E-state index contributed by atoms with van der Waals surface area (Å²) in [6, 6.07) is 24.5. The van der Waals surface area contributed by atoms with Gasteiger partial charge in [-0.05, 0) is 86.6 Å². The summed E-state index contributed by atoms with van der Waals surface area (Å²) in [6.45, 7) is 4.01. The molecule has 0 bridgehead atoms. The van der Waals surface area contributed by atoms with Crippen molar-refractivity contribution in [3.8, 4) is 17.0 Å². The van der Waals surface area contributed by atoms with Gasteiger partial charge in [-0.3, -0.25) is 9.69 Å². The standard InChI is InChI=1S/C29H28N6O3/c36-28(26-9-5-18-38-26)30-23-7-3-6-21(20-23)25-8-4-10-27-32-29(33-35(25)27)31-22-11-13-24(14-12-22)37-19-17-34-15-1-2-16-34/h3-14,18,20H,1-2,15-17,19H2,(H,30,36)(H,31,33). The van der Waals surface area contributed by atoms with Gasteiger partial charge in [0, 0.05) is 23.5 Å². The quantitative estimate of drug-likeness (QED) is 0.273. The predicted octanol–water partition coefficient (Wildman–Crippen LogP) is 5.46. The van der Waals surface area contributed by atoms with Crippen molar-refractivity contribution < 1.29 is 13.9 Å². The molecule has 1 fully saturated rings. The zero-order chi connectivity index (χ0) is 25.7. The number of nitrogens with one attached hydrogen (secondary N) is 2. The number of aromatic nitrogens is 3. The molecule has 9 heteroatoms. The molecule has 2 aromatic carbocycles. The molecular formula is C29H28N6O3. The van der Waals surface area contributed by atoms with E-state index in [1.54, 1.807) is 16.6 Å². The molecule has 0 saturated carbocycles. The number of carbonyl (C=O) groups excluding carboxylic acids is 1. The Bertz CT molecular complexity index is 1520. The molecule has 1 amide bonds. The van der Waals surface area contributed by atoms with Crippen LogP contribution in [0.4, 0.5) is 17.3 Å². The van der Waals surface area contributed by atoms with Crippen molar-refractivity contribution in [2.75, 3.05) is 36.9 Å². The van der Waals surface area contributed by atoms with Crippen molar-refractivity contribution >= 4 is 28.9 Å². The molecule has 1 saturated heterocycles. The molecule has 2 N–H and O–H groups in total. The average Bonchev–Trinajstić information content (AvgIpc) is 3.72. The first kappa shape index (κ1) is 23.7. The normalized spacial score (nSPS) is 13.6. The minimum absolute atomic E-state index is 0.256. The van der Waals surface area contributed by atoms with E-state index in [0.717, 1.165) is 29.2 Å². The smallest absolute Gasteiger partial charge is 0.291 e. The summed E-state index contributed by atoms with van der Waals surface area (Å²) in [7, 11) is 0. The third-order valence-electron chi connectivity index (χ3n) is 6.51. The summed E-state index contributed by atoms with van der Waals surface area (Å²) in [5.41, 5.74) is 3.97. The molecule has 1 aliphatic rings. The second kappa shape index (κ2) is 10.8. The van der Waals surface area contributed by atoms with Crippen LogP contribution in [0.2, 0.25) is 0 Å². The van der Waals surface area contributed by atoms with Gasteiger partial charge in [-0.15, -0.1) is 5.10 Å². The molecule has 3 aromatic heterocycles. The zero-order valence-electron chi connectivity index (χ0n) is 20.8. The zero-order valence-corrected chi connectivity index (χ0v) is 20.8. The number of ether oxygens (including phenoxy) is 1. The van der Waals surface area contributed by atoms with Gasteiger partial charge in [-0.1, -0.05) is 18.2 Å². The lowest BCUT2D eigenvalue weighted by atomic mass is 10.1. The van der Waals surface area contributed by atoms with Gasteiger partial charge in [-0.25, -0.2) is 4.52 Å². The van der Waals surface area contributed by atoms with E-state index in [4.69, 9.17) is 9.15 Å². The van der Waals surface area contributed by atoms with E-state index in [-0.39, 0.29) is 11.7 Å². The number of rotatable bonds is 9. The summed E-state index contributed by atoms with van der Waals surface area (Å²) >= 11 is 0. The summed E-state index contributed by atoms with van der Waals surface area (Å²) in [4.78, 5) is 19.5. The number of pyridine rings is 1. The van der Waals surface area contributed by atoms with E-state index < -0.39 is 0 Å². The fourth-order valence-electron chi connectivity index (χ4n) is 4.60. The van der Waals surface area contributed by atoms with Crippen LogP contribution in [0.15, 0.2) is 89.5 Å². The molecule has 192 valence electrons. The Labute approximate surface area is 220 Å². The van der Waals surface area contributed by atoms with Crippen LogP contribution in [0.5, 0.6) is 5.75 Å². The molecule has 0 aliphatic carbocycles. The van der Waals surface area contributed by atoms with E-state index >= 15 is 0 Å². The van der Waals surface area contributed by atoms with E-state index in [0.29, 0.717) is 23.9 Å². The molecule has 0 atom stereocenters. The van der Waals surface area contributed by atoms with Crippen LogP contribution in [0, 0.1) is 0 Å². The van der Waals surface area contributed by atoms with Gasteiger partial charge in [0.2, 0.25) is 5.95 Å². The van der Waals surface area contributed by atoms with E-state index in [9.17, 15) is 4.79 Å². The maximum absolute atomic E-state index is 12.4. The Balaban J connectivity index is 1.14. The van der Waals surface area contributed by atoms with Gasteiger partial charge in [-0.2, -0.15) is 4.98 Å². The minimum atomic E-state index is -0.305. The first-order valence-corrected chi connectivity index (χ1v) is 12.7. The number of hydrogen-bond acceptors (Lipinski definition) is 7. The largest absolute Gasteiger partial charge is 0.492 e. The van der Waals surface area contributed by atoms with Crippen LogP contribution in [0.1, 0.15) is 23.4 Å². The molecule has 0 unspecified atom stereocenters. The summed E-state index contributed by atoms with van der Waals surface area (Å²) in [5.74, 6) is 1.29. The van der Waals surface area contributed by atoms with Crippen molar-refractivity contribution in [3.63, 3.8) is 0 Å². The maximum Gasteiger partial charge on any atom is 0.291 e. The lowest BCUT2D eigenvalue weighted by Gasteiger charge is -2.15. The first-order valence-electron chi connectivity index (χ1n) is 12.7. The lowest BCUT2D eigenvalue weighted by Crippen LogP contribution is -2.25. The van der Waals surface area contributed by atoms with Crippen LogP contribution >= 0.6 is 0 Å². The van der Waals surface area contributed by atoms with Gasteiger partial charge in [0.05, 0.1) is 12.0 Å². The van der Waals surface area contributed by atoms with Crippen LogP contribution in [-0.4, -0.2) is 51.6 Å². The highest BCUT2D eigenvalue weighted by Gasteiger charge is 2.13. The highest BCUT2D eigenvalue weighted by molar-refractivity contribution is 6.02. The Kier molecular flexibility index (Phi) is 6.73. The van der Waals surface area contributed by atoms with Crippen LogP contribution < -0.4 is 15.4 Å². The molecule has 5 aromatic rings. The van der Waals surface area contributed by atoms with E-state index in [2.05, 4.69) is 25.6 Å². The third-order valence-corrected chi connectivity index (χ3v) is 6.51. The number of carbonyl (C=O) groups is 1. The highest BCUT2D eigenvalue weighted by atomic mass is 16.5. The molecule has 0 radical (unpaired) electrons. The molecule has 38 heavy (non-hydrogen) atoms. The second-order valence-electron chi connectivity index (χ2n) is 9.18. The number of fused-ring (bicyclic) bond motifs is 1. The highest BCUT2D eigenvalue weighted by Crippen LogP contribution is 2.25. The molecular weight excluding hydrogens is 480 g/mol. The fourth-order valence-corrected chi connectivity index (χ4v) is 4.60. The Morgan fingerprint density at radius 2 is 1.79 bits per heavy atom. The number of amides is 1. The topological polar surface area (TPSA) is 96.9 Å². The van der Waals surface area contributed by atoms with Crippen molar-refractivity contribution in [2.24, 2.45) is 0 Å². The Hall–Kier alpha value is -4.63. The van der Waals surface area contributed by atoms with Gasteiger partial charge in [0.1, 0.15) is 12.4 Å². The van der Waals surface area contributed by atoms with Crippen molar-refractivity contribution in [2.45, 2.75) is 12.8 Å². The average molecular weight is 509 g/mol. The number of hydrogen-bond donors (Lipinski definition) is 2. The Morgan fingerprint density at radius 1 is 0.947 bits per heavy atom. The van der Waals surface area contributed by atoms with E-state index in [1.165, 1.54) is 32.2 Å². The van der Waals surface area contributed by atoms with Gasteiger partial charge in [0.25, 0.3) is 5.91 Å². The fraction of sp³-hybridized carbons (Fsp3) is 0.207. The maximum atomic E-state index is 12.4. The molecule has 9 nitrogen and oxygen atoms in total. The first-order chi connectivity index (χ1) is 18.7. The Morgan fingerprint density at radius 3 is 2.61 bits per heavy atom. The summed E-state index contributed by atoms with van der Waals surface area (Å²) in [5, 5.41) is 10.8. The molecule has 6 rings (SSSR count). The van der Waals surface area contributed by atoms with Crippen molar-refractivity contribution in [1.29, 1.82) is 0 Å². The third kappa shape index (κ3) is 5.37. The van der Waals surface area contributed by atoms with Gasteiger partial charge >= 0.3 is 0 Å². The lowest BCUT2D eigenvalue weighted by molar-refractivity contribution is 0.0996. The number of benzene rings is 2. The number of furan rings is 1. The molecule has 4 heterocycles. The SMILES string of the molecule is O=C(Nc1cccc(-c2cccc3nc(Nc4ccc(OCCN5CCCC5)cc4)nn23)c1)c1ccco1. The van der Waals surface area contributed by atoms with Crippen molar-refractivity contribution in [3.05, 3.63) is 90.9 Å². The number of likely N-dealkylation sites (tertiary alicyclic amines) is 1. The summed E-state index contributed by atoms with van der Waals surface area (Å²) < 4.78 is 12.9. The van der Waals surface area contributed by atoms with Crippen LogP contribution in [-0.2, 0) is 0 Å². The second-order valence-corrected chi connectivity index (χ2v) is 9.18. The predicted molar refractivity (Wildman–Crippen MR) is 146 cm³/mol. The summed E-state index contributed by atoms with van der Waals surface area (Å²) in [6.07, 6.45) is 4.05. The van der Waals surface area contributed by atoms with Crippen molar-refractivity contribution in [1.82, 2.24) is 19.5 Å². The van der Waals surface area contributed by atoms with Crippen LogP contribution in [0.3, 0.4) is 0 Å². The van der Waals surface area contributed by atoms with Crippen LogP contribution in [0.25, 0.3) is 16.9 Å². The van der Waals surface area contributed by atoms with E-state index in [1.807, 2.05) is 66.7 Å². The van der Waals surface area contributed by atoms with Gasteiger partial charge in [0.15, 0.2) is 11.4 Å². The molecule has 1 aliphatic heterocycles. The van der Waals surface area contributed by atoms with Gasteiger partial charge < -0.3 is 19.8 Å². The molecule has 0 spiro atoms. The number of anilines is 3. The monoisotopic (exact) mass is 508 g/mol. The minimum Gasteiger partial charge on any atom is -0.492 e.